The Morgan fingerprint density at radius 3 is 2.33 bits per heavy atom. The van der Waals surface area contributed by atoms with E-state index < -0.39 is 0 Å². The zero-order valence-electron chi connectivity index (χ0n) is 24.0. The highest BCUT2D eigenvalue weighted by atomic mass is 79.9. The smallest absolute Gasteiger partial charge is 0.278 e. The number of nitrogens with one attached hydrogen (secondary N) is 1. The Morgan fingerprint density at radius 1 is 0.949 bits per heavy atom. The van der Waals surface area contributed by atoms with Crippen LogP contribution in [0.5, 0.6) is 17.2 Å². The van der Waals surface area contributed by atoms with E-state index in [9.17, 15) is 4.79 Å². The van der Waals surface area contributed by atoms with E-state index in [2.05, 4.69) is 58.4 Å². The fourth-order valence-corrected chi connectivity index (χ4v) is 4.60. The van der Waals surface area contributed by atoms with E-state index in [0.29, 0.717) is 35.2 Å². The van der Waals surface area contributed by atoms with Gasteiger partial charge in [-0.25, -0.2) is 4.68 Å². The van der Waals surface area contributed by atoms with E-state index >= 15 is 0 Å². The Kier molecular flexibility index (Phi) is 11.2. The predicted octanol–water partition coefficient (Wildman–Crippen LogP) is 7.26. The number of amides is 1. The van der Waals surface area contributed by atoms with Crippen molar-refractivity contribution in [1.29, 1.82) is 0 Å². The molecule has 3 rings (SSSR count). The molecule has 212 valence electrons. The second-order valence-electron chi connectivity index (χ2n) is 10.6. The van der Waals surface area contributed by atoms with Crippen LogP contribution in [0.4, 0.5) is 5.69 Å². The van der Waals surface area contributed by atoms with Gasteiger partial charge in [-0.15, -0.1) is 5.10 Å². The predicted molar refractivity (Wildman–Crippen MR) is 159 cm³/mol. The van der Waals surface area contributed by atoms with Crippen LogP contribution >= 0.6 is 15.9 Å². The summed E-state index contributed by atoms with van der Waals surface area (Å²) in [6.45, 7) is 8.87. The lowest BCUT2D eigenvalue weighted by molar-refractivity contribution is 0.102. The van der Waals surface area contributed by atoms with Crippen LogP contribution in [-0.4, -0.2) is 47.1 Å². The Bertz CT molecular complexity index is 1240. The average Bonchev–Trinajstić information content (AvgIpc) is 3.30. The fraction of sp³-hybridized carbons (Fsp3) is 0.500. The number of nitrogens with zero attached hydrogens (tertiary/aromatic N) is 3. The van der Waals surface area contributed by atoms with Crippen LogP contribution in [0.3, 0.4) is 0 Å². The van der Waals surface area contributed by atoms with Gasteiger partial charge in [0.25, 0.3) is 5.91 Å². The fourth-order valence-electron chi connectivity index (χ4n) is 4.20. The summed E-state index contributed by atoms with van der Waals surface area (Å²) in [7, 11) is 3.18. The van der Waals surface area contributed by atoms with E-state index in [0.717, 1.165) is 29.5 Å². The van der Waals surface area contributed by atoms with Crippen molar-refractivity contribution in [3.63, 3.8) is 0 Å². The van der Waals surface area contributed by atoms with Gasteiger partial charge in [0.15, 0.2) is 5.69 Å². The third-order valence-corrected chi connectivity index (χ3v) is 7.11. The van der Waals surface area contributed by atoms with Gasteiger partial charge in [-0.05, 0) is 55.0 Å². The molecule has 0 spiro atoms. The van der Waals surface area contributed by atoms with E-state index in [-0.39, 0.29) is 17.0 Å². The van der Waals surface area contributed by atoms with Gasteiger partial charge in [0.05, 0.1) is 26.5 Å². The SMILES string of the molecule is COc1ccc(OC)c(-n2nnc(C(=O)Nc3cc(OCCCCCCCCBr)cc(C(C)(C)C)c3)c2C)c1. The van der Waals surface area contributed by atoms with Crippen molar-refractivity contribution in [1.82, 2.24) is 15.0 Å². The highest BCUT2D eigenvalue weighted by Crippen LogP contribution is 2.31. The van der Waals surface area contributed by atoms with Crippen molar-refractivity contribution in [3.05, 3.63) is 53.3 Å². The van der Waals surface area contributed by atoms with Crippen molar-refractivity contribution in [2.45, 2.75) is 71.6 Å². The molecule has 0 fully saturated rings. The van der Waals surface area contributed by atoms with Crippen LogP contribution in [-0.2, 0) is 5.41 Å². The number of alkyl halides is 1. The molecule has 0 aliphatic carbocycles. The minimum atomic E-state index is -0.346. The molecule has 1 amide bonds. The molecule has 1 N–H and O–H groups in total. The monoisotopic (exact) mass is 600 g/mol. The summed E-state index contributed by atoms with van der Waals surface area (Å²) in [5.41, 5.74) is 3.06. The largest absolute Gasteiger partial charge is 0.497 e. The summed E-state index contributed by atoms with van der Waals surface area (Å²) >= 11 is 3.48. The number of methoxy groups -OCH3 is 2. The first kappa shape index (κ1) is 30.5. The van der Waals surface area contributed by atoms with Gasteiger partial charge < -0.3 is 19.5 Å². The molecule has 8 nitrogen and oxygen atoms in total. The normalized spacial score (nSPS) is 11.4. The van der Waals surface area contributed by atoms with Crippen molar-refractivity contribution >= 4 is 27.5 Å². The number of ether oxygens (including phenoxy) is 3. The molecule has 0 bridgehead atoms. The lowest BCUT2D eigenvalue weighted by atomic mass is 9.86. The van der Waals surface area contributed by atoms with Gasteiger partial charge in [0.1, 0.15) is 22.9 Å². The standard InChI is InChI=1S/C30H41BrN4O4/c1-21-28(33-34-35(21)26-20-24(37-5)13-14-27(26)38-6)29(36)32-23-17-22(30(2,3)4)18-25(19-23)39-16-12-10-8-7-9-11-15-31/h13-14,17-20H,7-12,15-16H2,1-6H3,(H,32,36). The van der Waals surface area contributed by atoms with Gasteiger partial charge >= 0.3 is 0 Å². The quantitative estimate of drug-likeness (QED) is 0.155. The molecule has 0 atom stereocenters. The molecular weight excluding hydrogens is 560 g/mol. The van der Waals surface area contributed by atoms with Crippen LogP contribution in [0.2, 0.25) is 0 Å². The zero-order valence-corrected chi connectivity index (χ0v) is 25.6. The van der Waals surface area contributed by atoms with Crippen LogP contribution in [0.15, 0.2) is 36.4 Å². The lowest BCUT2D eigenvalue weighted by Gasteiger charge is -2.21. The van der Waals surface area contributed by atoms with Crippen LogP contribution in [0, 0.1) is 6.92 Å². The summed E-state index contributed by atoms with van der Waals surface area (Å²) in [6, 6.07) is 11.3. The van der Waals surface area contributed by atoms with Crippen molar-refractivity contribution in [2.24, 2.45) is 0 Å². The van der Waals surface area contributed by atoms with Gasteiger partial charge in [-0.1, -0.05) is 67.6 Å². The maximum atomic E-state index is 13.3. The van der Waals surface area contributed by atoms with Crippen LogP contribution in [0.25, 0.3) is 5.69 Å². The molecule has 39 heavy (non-hydrogen) atoms. The molecule has 3 aromatic rings. The molecule has 1 heterocycles. The Hall–Kier alpha value is -3.07. The third-order valence-electron chi connectivity index (χ3n) is 6.55. The summed E-state index contributed by atoms with van der Waals surface area (Å²) in [6.07, 6.45) is 7.14. The first-order valence-corrected chi connectivity index (χ1v) is 14.6. The number of carbonyl (C=O) groups is 1. The number of rotatable bonds is 14. The summed E-state index contributed by atoms with van der Waals surface area (Å²) in [5, 5.41) is 12.5. The minimum absolute atomic E-state index is 0.115. The highest BCUT2D eigenvalue weighted by molar-refractivity contribution is 9.09. The van der Waals surface area contributed by atoms with Crippen molar-refractivity contribution < 1.29 is 19.0 Å². The molecule has 0 saturated carbocycles. The number of carbonyl (C=O) groups excluding carboxylic acids is 1. The molecule has 0 aliphatic rings. The third kappa shape index (κ3) is 8.46. The zero-order chi connectivity index (χ0) is 28.4. The first-order chi connectivity index (χ1) is 18.7. The number of hydrogen-bond donors (Lipinski definition) is 1. The molecule has 2 aromatic carbocycles. The Labute approximate surface area is 240 Å². The first-order valence-electron chi connectivity index (χ1n) is 13.5. The van der Waals surface area contributed by atoms with E-state index in [1.807, 2.05) is 12.1 Å². The lowest BCUT2D eigenvalue weighted by Crippen LogP contribution is -2.16. The number of aromatic nitrogens is 3. The molecular formula is C30H41BrN4O4. The van der Waals surface area contributed by atoms with Crippen LogP contribution in [0.1, 0.15) is 81.0 Å². The molecule has 0 unspecified atom stereocenters. The van der Waals surface area contributed by atoms with E-state index in [1.54, 1.807) is 44.0 Å². The van der Waals surface area contributed by atoms with Crippen molar-refractivity contribution in [2.75, 3.05) is 31.5 Å². The van der Waals surface area contributed by atoms with Crippen molar-refractivity contribution in [3.8, 4) is 22.9 Å². The minimum Gasteiger partial charge on any atom is -0.497 e. The number of hydrogen-bond acceptors (Lipinski definition) is 6. The molecule has 1 aromatic heterocycles. The number of anilines is 1. The van der Waals surface area contributed by atoms with Gasteiger partial charge in [-0.3, -0.25) is 4.79 Å². The summed E-state index contributed by atoms with van der Waals surface area (Å²) in [5.74, 6) is 1.64. The highest BCUT2D eigenvalue weighted by Gasteiger charge is 2.22. The van der Waals surface area contributed by atoms with E-state index in [4.69, 9.17) is 14.2 Å². The molecule has 0 radical (unpaired) electrons. The van der Waals surface area contributed by atoms with Gasteiger partial charge in [-0.2, -0.15) is 0 Å². The van der Waals surface area contributed by atoms with E-state index in [1.165, 1.54) is 25.7 Å². The van der Waals surface area contributed by atoms with Gasteiger partial charge in [0, 0.05) is 23.2 Å². The van der Waals surface area contributed by atoms with Gasteiger partial charge in [0.2, 0.25) is 0 Å². The maximum absolute atomic E-state index is 13.3. The number of unbranched alkanes of at least 4 members (excludes halogenated alkanes) is 5. The second kappa shape index (κ2) is 14.4. The topological polar surface area (TPSA) is 87.5 Å². The summed E-state index contributed by atoms with van der Waals surface area (Å²) in [4.78, 5) is 13.3. The molecule has 0 aliphatic heterocycles. The van der Waals surface area contributed by atoms with Crippen LogP contribution < -0.4 is 19.5 Å². The number of halogens is 1. The Balaban J connectivity index is 1.75. The number of benzene rings is 2. The maximum Gasteiger partial charge on any atom is 0.278 e. The average molecular weight is 602 g/mol. The second-order valence-corrected chi connectivity index (χ2v) is 11.4. The summed E-state index contributed by atoms with van der Waals surface area (Å²) < 4.78 is 18.5. The molecule has 9 heteroatoms. The Morgan fingerprint density at radius 2 is 1.67 bits per heavy atom. The molecule has 0 saturated heterocycles.